The first kappa shape index (κ1) is 10.6. The summed E-state index contributed by atoms with van der Waals surface area (Å²) in [6.07, 6.45) is 5.63. The molecule has 1 aromatic rings. The van der Waals surface area contributed by atoms with Gasteiger partial charge in [0.2, 0.25) is 0 Å². The van der Waals surface area contributed by atoms with Crippen LogP contribution in [-0.2, 0) is 24.1 Å². The van der Waals surface area contributed by atoms with Crippen LogP contribution in [0, 0.1) is 0 Å². The van der Waals surface area contributed by atoms with Gasteiger partial charge in [-0.2, -0.15) is 0 Å². The molecule has 1 atom stereocenters. The third kappa shape index (κ3) is 2.58. The molecule has 0 heterocycles. The Labute approximate surface area is 92.3 Å². The predicted octanol–water partition coefficient (Wildman–Crippen LogP) is 2.16. The number of rotatable bonds is 2. The number of fused-ring (bicyclic) bond motifs is 1. The molecule has 0 radical (unpaired) electrons. The van der Waals surface area contributed by atoms with E-state index in [1.807, 2.05) is 12.1 Å². The van der Waals surface area contributed by atoms with Crippen LogP contribution < -0.4 is 4.72 Å². The highest BCUT2D eigenvalue weighted by Crippen LogP contribution is 2.27. The zero-order valence-corrected chi connectivity index (χ0v) is 9.31. The van der Waals surface area contributed by atoms with E-state index in [9.17, 15) is 8.76 Å². The minimum absolute atomic E-state index is 0.753. The molecule has 1 N–H and O–H groups in total. The minimum Gasteiger partial charge on any atom is -0.755 e. The molecule has 0 spiro atoms. The van der Waals surface area contributed by atoms with Crippen molar-refractivity contribution in [3.05, 3.63) is 29.3 Å². The van der Waals surface area contributed by atoms with E-state index >= 15 is 0 Å². The van der Waals surface area contributed by atoms with Crippen molar-refractivity contribution in [2.45, 2.75) is 32.1 Å². The Hall–Kier alpha value is -0.870. The molecule has 0 fully saturated rings. The van der Waals surface area contributed by atoms with Gasteiger partial charge in [0.05, 0.1) is 0 Å². The maximum atomic E-state index is 10.6. The number of nitrogens with one attached hydrogen (secondary N) is 1. The van der Waals surface area contributed by atoms with Crippen LogP contribution in [0.2, 0.25) is 0 Å². The normalized spacial score (nSPS) is 17.7. The largest absolute Gasteiger partial charge is 0.755 e. The molecule has 82 valence electrons. The summed E-state index contributed by atoms with van der Waals surface area (Å²) in [5.74, 6) is 0. The average Bonchev–Trinajstić information content (AvgIpc) is 2.42. The average molecular weight is 224 g/mol. The first-order chi connectivity index (χ1) is 7.27. The fourth-order valence-corrected chi connectivity index (χ4v) is 2.51. The number of hydrogen-bond donors (Lipinski definition) is 1. The molecule has 2 rings (SSSR count). The van der Waals surface area contributed by atoms with E-state index < -0.39 is 11.3 Å². The number of anilines is 1. The SMILES string of the molecule is O=S([O-])Nc1cccc2c1CCCCC2. The van der Waals surface area contributed by atoms with Gasteiger partial charge in [-0.25, -0.2) is 0 Å². The summed E-state index contributed by atoms with van der Waals surface area (Å²) in [5.41, 5.74) is 3.23. The van der Waals surface area contributed by atoms with Crippen LogP contribution in [0.25, 0.3) is 0 Å². The van der Waals surface area contributed by atoms with Crippen LogP contribution in [0.3, 0.4) is 0 Å². The lowest BCUT2D eigenvalue weighted by atomic mass is 10.0. The molecule has 4 heteroatoms. The van der Waals surface area contributed by atoms with Crippen molar-refractivity contribution < 1.29 is 8.76 Å². The first-order valence-electron chi connectivity index (χ1n) is 5.24. The second-order valence-corrected chi connectivity index (χ2v) is 4.51. The van der Waals surface area contributed by atoms with Crippen molar-refractivity contribution in [1.29, 1.82) is 0 Å². The molecule has 0 saturated carbocycles. The van der Waals surface area contributed by atoms with Gasteiger partial charge in [-0.05, 0) is 42.9 Å². The van der Waals surface area contributed by atoms with Crippen LogP contribution in [-0.4, -0.2) is 8.76 Å². The molecule has 15 heavy (non-hydrogen) atoms. The van der Waals surface area contributed by atoms with E-state index in [0.717, 1.165) is 24.9 Å². The maximum Gasteiger partial charge on any atom is 0.0487 e. The van der Waals surface area contributed by atoms with Crippen LogP contribution in [0.15, 0.2) is 18.2 Å². The fraction of sp³-hybridized carbons (Fsp3) is 0.455. The summed E-state index contributed by atoms with van der Waals surface area (Å²) in [7, 11) is 0. The second-order valence-electron chi connectivity index (χ2n) is 3.84. The second kappa shape index (κ2) is 4.77. The van der Waals surface area contributed by atoms with Crippen molar-refractivity contribution in [1.82, 2.24) is 0 Å². The lowest BCUT2D eigenvalue weighted by molar-refractivity contribution is 0.542. The zero-order valence-electron chi connectivity index (χ0n) is 8.49. The lowest BCUT2D eigenvalue weighted by Crippen LogP contribution is -2.06. The predicted molar refractivity (Wildman–Crippen MR) is 60.2 cm³/mol. The van der Waals surface area contributed by atoms with Gasteiger partial charge in [0.25, 0.3) is 0 Å². The van der Waals surface area contributed by atoms with Gasteiger partial charge >= 0.3 is 0 Å². The summed E-state index contributed by atoms with van der Waals surface area (Å²) in [6.45, 7) is 0. The van der Waals surface area contributed by atoms with Crippen LogP contribution in [0.4, 0.5) is 5.69 Å². The molecule has 1 aliphatic carbocycles. The molecule has 1 aromatic carbocycles. The summed E-state index contributed by atoms with van der Waals surface area (Å²) in [4.78, 5) is 0. The Bertz CT molecular complexity index is 379. The summed E-state index contributed by atoms with van der Waals surface area (Å²) < 4.78 is 23.7. The van der Waals surface area contributed by atoms with Gasteiger partial charge in [0, 0.05) is 17.0 Å². The summed E-state index contributed by atoms with van der Waals surface area (Å²) in [5, 5.41) is 0. The standard InChI is InChI=1S/C11H15NO2S/c13-15(14)12-11-8-4-6-9-5-2-1-3-7-10(9)11/h4,6,8,12H,1-3,5,7H2,(H,13,14)/p-1. The fourth-order valence-electron chi connectivity index (χ4n) is 2.14. The molecule has 3 nitrogen and oxygen atoms in total. The first-order valence-corrected chi connectivity index (χ1v) is 6.31. The summed E-state index contributed by atoms with van der Waals surface area (Å²) in [6, 6.07) is 5.85. The van der Waals surface area contributed by atoms with E-state index in [1.54, 1.807) is 0 Å². The monoisotopic (exact) mass is 224 g/mol. The minimum atomic E-state index is -2.22. The summed E-state index contributed by atoms with van der Waals surface area (Å²) >= 11 is -2.22. The van der Waals surface area contributed by atoms with Gasteiger partial charge in [0.15, 0.2) is 0 Å². The van der Waals surface area contributed by atoms with E-state index in [4.69, 9.17) is 0 Å². The Morgan fingerprint density at radius 3 is 2.80 bits per heavy atom. The third-order valence-corrected chi connectivity index (χ3v) is 3.23. The lowest BCUT2D eigenvalue weighted by Gasteiger charge is -2.15. The molecule has 0 aliphatic heterocycles. The van der Waals surface area contributed by atoms with E-state index in [0.29, 0.717) is 0 Å². The highest BCUT2D eigenvalue weighted by molar-refractivity contribution is 7.80. The van der Waals surface area contributed by atoms with Crippen molar-refractivity contribution in [3.8, 4) is 0 Å². The Balaban J connectivity index is 2.34. The van der Waals surface area contributed by atoms with Gasteiger partial charge < -0.3 is 9.27 Å². The van der Waals surface area contributed by atoms with Gasteiger partial charge in [-0.15, -0.1) is 0 Å². The van der Waals surface area contributed by atoms with E-state index in [2.05, 4.69) is 10.8 Å². The highest BCUT2D eigenvalue weighted by atomic mass is 32.2. The maximum absolute atomic E-state index is 10.6. The molecule has 1 aliphatic rings. The highest BCUT2D eigenvalue weighted by Gasteiger charge is 2.11. The van der Waals surface area contributed by atoms with Crippen molar-refractivity contribution >= 4 is 17.0 Å². The number of hydrogen-bond acceptors (Lipinski definition) is 2. The molecular weight excluding hydrogens is 210 g/mol. The van der Waals surface area contributed by atoms with Crippen LogP contribution >= 0.6 is 0 Å². The van der Waals surface area contributed by atoms with Crippen LogP contribution in [0.1, 0.15) is 30.4 Å². The smallest absolute Gasteiger partial charge is 0.0487 e. The van der Waals surface area contributed by atoms with Crippen molar-refractivity contribution in [2.24, 2.45) is 0 Å². The Kier molecular flexibility index (Phi) is 3.38. The Morgan fingerprint density at radius 2 is 2.00 bits per heavy atom. The van der Waals surface area contributed by atoms with E-state index in [-0.39, 0.29) is 0 Å². The number of aryl methyl sites for hydroxylation is 1. The van der Waals surface area contributed by atoms with Crippen molar-refractivity contribution in [3.63, 3.8) is 0 Å². The van der Waals surface area contributed by atoms with E-state index in [1.165, 1.54) is 24.0 Å². The van der Waals surface area contributed by atoms with Crippen LogP contribution in [0.5, 0.6) is 0 Å². The quantitative estimate of drug-likeness (QED) is 0.618. The number of benzene rings is 1. The third-order valence-electron chi connectivity index (χ3n) is 2.84. The van der Waals surface area contributed by atoms with Gasteiger partial charge in [-0.3, -0.25) is 4.21 Å². The molecule has 0 aromatic heterocycles. The molecule has 1 unspecified atom stereocenters. The molecule has 0 saturated heterocycles. The van der Waals surface area contributed by atoms with Gasteiger partial charge in [0.1, 0.15) is 0 Å². The van der Waals surface area contributed by atoms with Crippen molar-refractivity contribution in [2.75, 3.05) is 4.72 Å². The Morgan fingerprint density at radius 1 is 1.20 bits per heavy atom. The molecular formula is C11H14NO2S-. The zero-order chi connectivity index (χ0) is 10.7. The molecule has 0 amide bonds. The molecule has 0 bridgehead atoms. The van der Waals surface area contributed by atoms with Gasteiger partial charge in [-0.1, -0.05) is 18.6 Å². The topological polar surface area (TPSA) is 52.2 Å².